The van der Waals surface area contributed by atoms with Gasteiger partial charge in [0.15, 0.2) is 0 Å². The zero-order valence-corrected chi connectivity index (χ0v) is 7.50. The van der Waals surface area contributed by atoms with Gasteiger partial charge in [-0.25, -0.2) is 0 Å². The van der Waals surface area contributed by atoms with Crippen LogP contribution in [-0.2, 0) is 6.54 Å². The lowest BCUT2D eigenvalue weighted by atomic mass is 10.4. The van der Waals surface area contributed by atoms with Gasteiger partial charge >= 0.3 is 0 Å². The molecular weight excluding hydrogens is 178 g/mol. The highest BCUT2D eigenvalue weighted by Crippen LogP contribution is 2.21. The first-order valence-corrected chi connectivity index (χ1v) is 4.46. The van der Waals surface area contributed by atoms with Crippen molar-refractivity contribution in [1.29, 1.82) is 0 Å². The molecule has 11 heavy (non-hydrogen) atoms. The summed E-state index contributed by atoms with van der Waals surface area (Å²) in [7, 11) is 0. The van der Waals surface area contributed by atoms with E-state index in [0.717, 1.165) is 16.4 Å². The molecule has 0 aromatic carbocycles. The van der Waals surface area contributed by atoms with Gasteiger partial charge in [0.05, 0.1) is 11.6 Å². The highest BCUT2D eigenvalue weighted by Gasteiger charge is 1.98. The first-order chi connectivity index (χ1) is 5.34. The summed E-state index contributed by atoms with van der Waals surface area (Å²) < 4.78 is 0. The van der Waals surface area contributed by atoms with Crippen molar-refractivity contribution in [2.75, 3.05) is 6.54 Å². The molecule has 0 atom stereocenters. The second kappa shape index (κ2) is 4.40. The molecule has 1 N–H and O–H groups in total. The van der Waals surface area contributed by atoms with E-state index in [1.54, 1.807) is 11.3 Å². The van der Waals surface area contributed by atoms with E-state index in [4.69, 9.17) is 18.0 Å². The van der Waals surface area contributed by atoms with Gasteiger partial charge in [0.2, 0.25) is 0 Å². The Morgan fingerprint density at radius 2 is 2.55 bits per heavy atom. The Hall–Kier alpha value is -0.490. The fourth-order valence-electron chi connectivity index (χ4n) is 0.699. The van der Waals surface area contributed by atoms with Crippen molar-refractivity contribution in [3.63, 3.8) is 0 Å². The number of hydrogen-bond acceptors (Lipinski definition) is 2. The summed E-state index contributed by atoms with van der Waals surface area (Å²) in [5, 5.41) is 5.85. The summed E-state index contributed by atoms with van der Waals surface area (Å²) in [6.45, 7) is 1.36. The molecule has 1 aromatic rings. The Morgan fingerprint density at radius 1 is 1.73 bits per heavy atom. The highest BCUT2D eigenvalue weighted by molar-refractivity contribution is 7.10. The number of thiophene rings is 1. The molecule has 3 heteroatoms. The van der Waals surface area contributed by atoms with Crippen LogP contribution in [0.3, 0.4) is 0 Å². The third kappa shape index (κ3) is 2.55. The molecule has 0 aliphatic rings. The van der Waals surface area contributed by atoms with Gasteiger partial charge in [-0.1, -0.05) is 17.5 Å². The fourth-order valence-corrected chi connectivity index (χ4v) is 1.77. The number of nitrogens with one attached hydrogen (secondary N) is 1. The van der Waals surface area contributed by atoms with Crippen molar-refractivity contribution in [3.8, 4) is 12.3 Å². The van der Waals surface area contributed by atoms with Crippen LogP contribution in [0.25, 0.3) is 0 Å². The second-order valence-electron chi connectivity index (χ2n) is 2.00. The van der Waals surface area contributed by atoms with Crippen LogP contribution in [0, 0.1) is 12.3 Å². The fraction of sp³-hybridized carbons (Fsp3) is 0.250. The van der Waals surface area contributed by atoms with Gasteiger partial charge in [0, 0.05) is 11.4 Å². The smallest absolute Gasteiger partial charge is 0.0576 e. The Labute approximate surface area is 75.4 Å². The quantitative estimate of drug-likeness (QED) is 0.562. The largest absolute Gasteiger partial charge is 0.301 e. The minimum Gasteiger partial charge on any atom is -0.301 e. The number of halogens is 1. The second-order valence-corrected chi connectivity index (χ2v) is 3.41. The van der Waals surface area contributed by atoms with Crippen LogP contribution in [0.5, 0.6) is 0 Å². The van der Waals surface area contributed by atoms with E-state index in [0.29, 0.717) is 6.54 Å². The Morgan fingerprint density at radius 3 is 3.09 bits per heavy atom. The lowest BCUT2D eigenvalue weighted by Crippen LogP contribution is -2.11. The van der Waals surface area contributed by atoms with Crippen LogP contribution in [0.2, 0.25) is 5.02 Å². The van der Waals surface area contributed by atoms with Crippen molar-refractivity contribution in [2.24, 2.45) is 0 Å². The molecule has 0 amide bonds. The molecule has 0 bridgehead atoms. The normalized spacial score (nSPS) is 9.45. The first-order valence-electron chi connectivity index (χ1n) is 3.20. The predicted molar refractivity (Wildman–Crippen MR) is 49.9 cm³/mol. The summed E-state index contributed by atoms with van der Waals surface area (Å²) in [5.41, 5.74) is 0. The van der Waals surface area contributed by atoms with Gasteiger partial charge in [-0.05, 0) is 11.4 Å². The number of terminal acetylenes is 1. The average Bonchev–Trinajstić information content (AvgIpc) is 2.37. The average molecular weight is 186 g/mol. The highest BCUT2D eigenvalue weighted by atomic mass is 35.5. The van der Waals surface area contributed by atoms with Gasteiger partial charge < -0.3 is 5.32 Å². The van der Waals surface area contributed by atoms with Crippen LogP contribution in [0.4, 0.5) is 0 Å². The molecular formula is C8H8ClNS. The summed E-state index contributed by atoms with van der Waals surface area (Å²) in [5.74, 6) is 2.50. The minimum atomic E-state index is 0.591. The SMILES string of the molecule is C#CCNCc1sccc1Cl. The molecule has 0 aliphatic carbocycles. The maximum absolute atomic E-state index is 5.84. The molecule has 1 heterocycles. The third-order valence-electron chi connectivity index (χ3n) is 1.20. The Kier molecular flexibility index (Phi) is 3.44. The molecule has 0 saturated carbocycles. The van der Waals surface area contributed by atoms with Crippen molar-refractivity contribution < 1.29 is 0 Å². The first kappa shape index (κ1) is 8.61. The maximum Gasteiger partial charge on any atom is 0.0576 e. The van der Waals surface area contributed by atoms with Gasteiger partial charge in [-0.15, -0.1) is 17.8 Å². The van der Waals surface area contributed by atoms with Gasteiger partial charge in [-0.2, -0.15) is 0 Å². The molecule has 0 aliphatic heterocycles. The van der Waals surface area contributed by atoms with Crippen LogP contribution in [-0.4, -0.2) is 6.54 Å². The molecule has 0 radical (unpaired) electrons. The van der Waals surface area contributed by atoms with Crippen LogP contribution < -0.4 is 5.32 Å². The summed E-state index contributed by atoms with van der Waals surface area (Å²) in [6, 6.07) is 1.89. The predicted octanol–water partition coefficient (Wildman–Crippen LogP) is 2.12. The van der Waals surface area contributed by atoms with Gasteiger partial charge in [-0.3, -0.25) is 0 Å². The van der Waals surface area contributed by atoms with Gasteiger partial charge in [0.25, 0.3) is 0 Å². The zero-order chi connectivity index (χ0) is 8.10. The monoisotopic (exact) mass is 185 g/mol. The van der Waals surface area contributed by atoms with E-state index in [2.05, 4.69) is 11.2 Å². The third-order valence-corrected chi connectivity index (χ3v) is 2.59. The molecule has 0 fully saturated rings. The summed E-state index contributed by atoms with van der Waals surface area (Å²) >= 11 is 7.47. The molecule has 0 spiro atoms. The van der Waals surface area contributed by atoms with E-state index < -0.39 is 0 Å². The molecule has 1 rings (SSSR count). The zero-order valence-electron chi connectivity index (χ0n) is 5.93. The topological polar surface area (TPSA) is 12.0 Å². The Bertz CT molecular complexity index is 261. The molecule has 58 valence electrons. The van der Waals surface area contributed by atoms with E-state index in [-0.39, 0.29) is 0 Å². The van der Waals surface area contributed by atoms with E-state index in [1.807, 2.05) is 11.4 Å². The van der Waals surface area contributed by atoms with Crippen molar-refractivity contribution in [1.82, 2.24) is 5.32 Å². The Balaban J connectivity index is 2.40. The lowest BCUT2D eigenvalue weighted by molar-refractivity contribution is 0.781. The van der Waals surface area contributed by atoms with Crippen LogP contribution >= 0.6 is 22.9 Å². The summed E-state index contributed by atoms with van der Waals surface area (Å²) in [4.78, 5) is 1.14. The molecule has 1 aromatic heterocycles. The van der Waals surface area contributed by atoms with Crippen molar-refractivity contribution >= 4 is 22.9 Å². The minimum absolute atomic E-state index is 0.591. The number of hydrogen-bond donors (Lipinski definition) is 1. The van der Waals surface area contributed by atoms with Crippen molar-refractivity contribution in [3.05, 3.63) is 21.3 Å². The number of rotatable bonds is 3. The standard InChI is InChI=1S/C8H8ClNS/c1-2-4-10-6-8-7(9)3-5-11-8/h1,3,5,10H,4,6H2. The van der Waals surface area contributed by atoms with E-state index in [9.17, 15) is 0 Å². The molecule has 1 nitrogen and oxygen atoms in total. The maximum atomic E-state index is 5.84. The van der Waals surface area contributed by atoms with Crippen LogP contribution in [0.15, 0.2) is 11.4 Å². The molecule has 0 unspecified atom stereocenters. The van der Waals surface area contributed by atoms with E-state index in [1.165, 1.54) is 0 Å². The van der Waals surface area contributed by atoms with Crippen LogP contribution in [0.1, 0.15) is 4.88 Å². The van der Waals surface area contributed by atoms with Gasteiger partial charge in [0.1, 0.15) is 0 Å². The lowest BCUT2D eigenvalue weighted by Gasteiger charge is -1.96. The molecule has 0 saturated heterocycles. The van der Waals surface area contributed by atoms with E-state index >= 15 is 0 Å². The summed E-state index contributed by atoms with van der Waals surface area (Å²) in [6.07, 6.45) is 5.06. The van der Waals surface area contributed by atoms with Crippen molar-refractivity contribution in [2.45, 2.75) is 6.54 Å².